The normalized spacial score (nSPS) is 8.42. The SMILES string of the molecule is Cc1ccc(CC#CC=O)cc1. The van der Waals surface area contributed by atoms with Gasteiger partial charge in [-0.2, -0.15) is 0 Å². The quantitative estimate of drug-likeness (QED) is 0.449. The third kappa shape index (κ3) is 2.59. The minimum atomic E-state index is 0.619. The first-order valence-electron chi connectivity index (χ1n) is 3.80. The molecule has 0 aliphatic carbocycles. The number of rotatable bonds is 1. The maximum absolute atomic E-state index is 9.88. The van der Waals surface area contributed by atoms with Crippen LogP contribution in [0, 0.1) is 18.8 Å². The summed E-state index contributed by atoms with van der Waals surface area (Å²) in [5.74, 6) is 5.13. The van der Waals surface area contributed by atoms with Crippen LogP contribution in [0.2, 0.25) is 0 Å². The molecule has 0 spiro atoms. The van der Waals surface area contributed by atoms with E-state index in [4.69, 9.17) is 0 Å². The van der Waals surface area contributed by atoms with Crippen LogP contribution < -0.4 is 0 Å². The maximum Gasteiger partial charge on any atom is 0.192 e. The van der Waals surface area contributed by atoms with E-state index in [1.807, 2.05) is 31.2 Å². The van der Waals surface area contributed by atoms with Gasteiger partial charge in [-0.1, -0.05) is 35.7 Å². The standard InChI is InChI=1S/C11H10O/c1-10-5-7-11(8-6-10)4-2-3-9-12/h5-9H,4H2,1H3. The highest BCUT2D eigenvalue weighted by Gasteiger charge is 1.87. The van der Waals surface area contributed by atoms with Crippen molar-refractivity contribution in [3.8, 4) is 11.8 Å². The van der Waals surface area contributed by atoms with Gasteiger partial charge in [0.25, 0.3) is 0 Å². The van der Waals surface area contributed by atoms with E-state index < -0.39 is 0 Å². The van der Waals surface area contributed by atoms with Crippen molar-refractivity contribution in [1.29, 1.82) is 0 Å². The largest absolute Gasteiger partial charge is 0.289 e. The van der Waals surface area contributed by atoms with Gasteiger partial charge in [0.05, 0.1) is 0 Å². The zero-order chi connectivity index (χ0) is 8.81. The molecule has 0 aliphatic rings. The highest BCUT2D eigenvalue weighted by molar-refractivity contribution is 5.72. The fourth-order valence-corrected chi connectivity index (χ4v) is 0.901. The molecule has 0 saturated heterocycles. The van der Waals surface area contributed by atoms with Gasteiger partial charge in [-0.05, 0) is 18.4 Å². The minimum absolute atomic E-state index is 0.619. The van der Waals surface area contributed by atoms with Crippen molar-refractivity contribution in [2.75, 3.05) is 0 Å². The maximum atomic E-state index is 9.88. The Kier molecular flexibility index (Phi) is 3.10. The van der Waals surface area contributed by atoms with E-state index >= 15 is 0 Å². The summed E-state index contributed by atoms with van der Waals surface area (Å²) in [5, 5.41) is 0. The molecule has 0 radical (unpaired) electrons. The van der Waals surface area contributed by atoms with Crippen molar-refractivity contribution >= 4 is 6.29 Å². The van der Waals surface area contributed by atoms with E-state index in [0.717, 1.165) is 5.56 Å². The second-order valence-electron chi connectivity index (χ2n) is 2.60. The highest BCUT2D eigenvalue weighted by atomic mass is 16.1. The van der Waals surface area contributed by atoms with Crippen LogP contribution in [0.4, 0.5) is 0 Å². The number of hydrogen-bond acceptors (Lipinski definition) is 1. The topological polar surface area (TPSA) is 17.1 Å². The van der Waals surface area contributed by atoms with E-state index in [-0.39, 0.29) is 0 Å². The van der Waals surface area contributed by atoms with Crippen molar-refractivity contribution < 1.29 is 4.79 Å². The number of hydrogen-bond donors (Lipinski definition) is 0. The molecule has 0 unspecified atom stereocenters. The van der Waals surface area contributed by atoms with Crippen LogP contribution in [0.3, 0.4) is 0 Å². The Hall–Kier alpha value is -1.55. The number of carbonyl (C=O) groups is 1. The Bertz CT molecular complexity index is 311. The van der Waals surface area contributed by atoms with E-state index in [0.29, 0.717) is 12.7 Å². The van der Waals surface area contributed by atoms with Crippen LogP contribution in [-0.2, 0) is 11.2 Å². The molecule has 0 amide bonds. The molecule has 0 fully saturated rings. The molecule has 0 heterocycles. The lowest BCUT2D eigenvalue weighted by atomic mass is 10.1. The smallest absolute Gasteiger partial charge is 0.192 e. The van der Waals surface area contributed by atoms with Gasteiger partial charge in [-0.15, -0.1) is 0 Å². The zero-order valence-electron chi connectivity index (χ0n) is 7.00. The van der Waals surface area contributed by atoms with Crippen LogP contribution in [0.25, 0.3) is 0 Å². The lowest BCUT2D eigenvalue weighted by Crippen LogP contribution is -1.81. The molecule has 0 aromatic heterocycles. The summed E-state index contributed by atoms with van der Waals surface area (Å²) >= 11 is 0. The third-order valence-electron chi connectivity index (χ3n) is 1.57. The minimum Gasteiger partial charge on any atom is -0.289 e. The number of aldehydes is 1. The van der Waals surface area contributed by atoms with Crippen molar-refractivity contribution in [3.63, 3.8) is 0 Å². The number of benzene rings is 1. The lowest BCUT2D eigenvalue weighted by molar-refractivity contribution is -0.103. The summed E-state index contributed by atoms with van der Waals surface area (Å²) in [7, 11) is 0. The first kappa shape index (κ1) is 8.55. The lowest BCUT2D eigenvalue weighted by Gasteiger charge is -1.94. The first-order chi connectivity index (χ1) is 5.83. The summed E-state index contributed by atoms with van der Waals surface area (Å²) in [6.07, 6.45) is 1.27. The molecule has 0 N–H and O–H groups in total. The Morgan fingerprint density at radius 3 is 2.58 bits per heavy atom. The summed E-state index contributed by atoms with van der Waals surface area (Å²) < 4.78 is 0. The van der Waals surface area contributed by atoms with Gasteiger partial charge in [-0.25, -0.2) is 0 Å². The zero-order valence-corrected chi connectivity index (χ0v) is 7.00. The summed E-state index contributed by atoms with van der Waals surface area (Å²) in [6.45, 7) is 2.04. The van der Waals surface area contributed by atoms with E-state index in [9.17, 15) is 4.79 Å². The Balaban J connectivity index is 2.64. The summed E-state index contributed by atoms with van der Waals surface area (Å²) in [5.41, 5.74) is 2.39. The van der Waals surface area contributed by atoms with Crippen LogP contribution in [-0.4, -0.2) is 6.29 Å². The van der Waals surface area contributed by atoms with Gasteiger partial charge in [0.15, 0.2) is 6.29 Å². The fraction of sp³-hybridized carbons (Fsp3) is 0.182. The van der Waals surface area contributed by atoms with E-state index in [2.05, 4.69) is 11.8 Å². The second-order valence-corrected chi connectivity index (χ2v) is 2.60. The molecular formula is C11H10O. The van der Waals surface area contributed by atoms with Gasteiger partial charge >= 0.3 is 0 Å². The fourth-order valence-electron chi connectivity index (χ4n) is 0.901. The monoisotopic (exact) mass is 158 g/mol. The first-order valence-corrected chi connectivity index (χ1v) is 3.80. The van der Waals surface area contributed by atoms with Crippen molar-refractivity contribution in [2.24, 2.45) is 0 Å². The van der Waals surface area contributed by atoms with Crippen LogP contribution >= 0.6 is 0 Å². The van der Waals surface area contributed by atoms with Gasteiger partial charge in [-0.3, -0.25) is 4.79 Å². The van der Waals surface area contributed by atoms with Crippen LogP contribution in [0.15, 0.2) is 24.3 Å². The summed E-state index contributed by atoms with van der Waals surface area (Å²) in [4.78, 5) is 9.88. The van der Waals surface area contributed by atoms with Crippen molar-refractivity contribution in [1.82, 2.24) is 0 Å². The molecule has 0 aliphatic heterocycles. The van der Waals surface area contributed by atoms with Crippen molar-refractivity contribution in [2.45, 2.75) is 13.3 Å². The Labute approximate surface area is 72.4 Å². The summed E-state index contributed by atoms with van der Waals surface area (Å²) in [6, 6.07) is 8.12. The molecule has 0 bridgehead atoms. The van der Waals surface area contributed by atoms with Crippen LogP contribution in [0.1, 0.15) is 11.1 Å². The Morgan fingerprint density at radius 1 is 1.33 bits per heavy atom. The molecular weight excluding hydrogens is 148 g/mol. The highest BCUT2D eigenvalue weighted by Crippen LogP contribution is 2.02. The predicted molar refractivity (Wildman–Crippen MR) is 48.7 cm³/mol. The molecule has 1 rings (SSSR count). The van der Waals surface area contributed by atoms with Gasteiger partial charge in [0, 0.05) is 6.42 Å². The molecule has 0 atom stereocenters. The molecule has 12 heavy (non-hydrogen) atoms. The molecule has 0 saturated carbocycles. The molecule has 1 heteroatoms. The molecule has 1 aromatic carbocycles. The number of aryl methyl sites for hydroxylation is 1. The molecule has 1 nitrogen and oxygen atoms in total. The van der Waals surface area contributed by atoms with Crippen molar-refractivity contribution in [3.05, 3.63) is 35.4 Å². The Morgan fingerprint density at radius 2 is 2.00 bits per heavy atom. The molecule has 1 aromatic rings. The van der Waals surface area contributed by atoms with Gasteiger partial charge in [0.2, 0.25) is 0 Å². The second kappa shape index (κ2) is 4.35. The van der Waals surface area contributed by atoms with Gasteiger partial charge in [0.1, 0.15) is 0 Å². The predicted octanol–water partition coefficient (Wildman–Crippen LogP) is 1.74. The average molecular weight is 158 g/mol. The molecule has 60 valence electrons. The number of carbonyl (C=O) groups excluding carboxylic acids is 1. The third-order valence-corrected chi connectivity index (χ3v) is 1.57. The average Bonchev–Trinajstić information content (AvgIpc) is 2.09. The van der Waals surface area contributed by atoms with E-state index in [1.165, 1.54) is 5.56 Å². The van der Waals surface area contributed by atoms with Gasteiger partial charge < -0.3 is 0 Å². The van der Waals surface area contributed by atoms with E-state index in [1.54, 1.807) is 0 Å². The van der Waals surface area contributed by atoms with Crippen LogP contribution in [0.5, 0.6) is 0 Å².